The van der Waals surface area contributed by atoms with Crippen molar-refractivity contribution in [2.24, 2.45) is 0 Å². The van der Waals surface area contributed by atoms with Gasteiger partial charge in [-0.1, -0.05) is 23.7 Å². The number of hydrazine groups is 1. The van der Waals surface area contributed by atoms with Gasteiger partial charge in [0, 0.05) is 30.8 Å². The number of benzene rings is 1. The third-order valence-electron chi connectivity index (χ3n) is 4.61. The molecule has 1 aromatic heterocycles. The highest BCUT2D eigenvalue weighted by Crippen LogP contribution is 2.27. The van der Waals surface area contributed by atoms with Crippen LogP contribution in [0.1, 0.15) is 38.1 Å². The van der Waals surface area contributed by atoms with Crippen molar-refractivity contribution in [1.82, 2.24) is 20.4 Å². The van der Waals surface area contributed by atoms with Gasteiger partial charge in [0.05, 0.1) is 30.1 Å². The lowest BCUT2D eigenvalue weighted by molar-refractivity contribution is 0.0146. The first kappa shape index (κ1) is 23.7. The average Bonchev–Trinajstić information content (AvgIpc) is 2.77. The minimum Gasteiger partial charge on any atom is -0.442 e. The number of rotatable bonds is 4. The molecule has 32 heavy (non-hydrogen) atoms. The third kappa shape index (κ3) is 6.08. The predicted molar refractivity (Wildman–Crippen MR) is 122 cm³/mol. The van der Waals surface area contributed by atoms with E-state index in [9.17, 15) is 9.59 Å². The molecule has 0 unspecified atom stereocenters. The number of hydrogen-bond donors (Lipinski definition) is 1. The summed E-state index contributed by atoms with van der Waals surface area (Å²) >= 11 is 6.34. The van der Waals surface area contributed by atoms with E-state index in [-0.39, 0.29) is 6.54 Å². The van der Waals surface area contributed by atoms with Crippen LogP contribution in [0.3, 0.4) is 0 Å². The monoisotopic (exact) mass is 461 g/mol. The fraction of sp³-hybridized carbons (Fsp3) is 0.455. The van der Waals surface area contributed by atoms with Crippen LogP contribution in [0, 0.1) is 0 Å². The fourth-order valence-corrected chi connectivity index (χ4v) is 3.21. The summed E-state index contributed by atoms with van der Waals surface area (Å²) in [6.07, 6.45) is 0.961. The van der Waals surface area contributed by atoms with E-state index in [1.54, 1.807) is 58.2 Å². The highest BCUT2D eigenvalue weighted by atomic mass is 35.5. The zero-order valence-corrected chi connectivity index (χ0v) is 19.5. The van der Waals surface area contributed by atoms with Crippen LogP contribution >= 0.6 is 11.6 Å². The Labute approximate surface area is 192 Å². The van der Waals surface area contributed by atoms with Gasteiger partial charge in [-0.25, -0.2) is 19.8 Å². The van der Waals surface area contributed by atoms with Crippen molar-refractivity contribution >= 4 is 29.5 Å². The maximum Gasteiger partial charge on any atom is 0.429 e. The number of anilines is 1. The van der Waals surface area contributed by atoms with Crippen LogP contribution in [0.15, 0.2) is 30.5 Å². The number of amides is 2. The highest BCUT2D eigenvalue weighted by Gasteiger charge is 2.23. The highest BCUT2D eigenvalue weighted by molar-refractivity contribution is 6.32. The second kappa shape index (κ2) is 10.1. The molecule has 0 bridgehead atoms. The molecule has 10 heteroatoms. The first-order valence-corrected chi connectivity index (χ1v) is 10.8. The molecule has 1 fully saturated rings. The van der Waals surface area contributed by atoms with E-state index in [0.29, 0.717) is 48.5 Å². The van der Waals surface area contributed by atoms with E-state index in [1.807, 2.05) is 4.90 Å². The van der Waals surface area contributed by atoms with Crippen LogP contribution in [0.5, 0.6) is 0 Å². The number of carbonyl (C=O) groups excluding carboxylic acids is 2. The average molecular weight is 462 g/mol. The molecule has 0 spiro atoms. The lowest BCUT2D eigenvalue weighted by atomic mass is 10.1. The van der Waals surface area contributed by atoms with E-state index in [1.165, 1.54) is 0 Å². The van der Waals surface area contributed by atoms with Gasteiger partial charge in [0.2, 0.25) is 5.95 Å². The molecule has 1 aliphatic heterocycles. The third-order valence-corrected chi connectivity index (χ3v) is 4.89. The van der Waals surface area contributed by atoms with Crippen molar-refractivity contribution in [3.05, 3.63) is 41.0 Å². The van der Waals surface area contributed by atoms with E-state index in [2.05, 4.69) is 15.4 Å². The molecule has 0 saturated carbocycles. The molecule has 9 nitrogen and oxygen atoms in total. The Morgan fingerprint density at radius 2 is 1.88 bits per heavy atom. The summed E-state index contributed by atoms with van der Waals surface area (Å²) in [5.41, 5.74) is 3.64. The molecular weight excluding hydrogens is 434 g/mol. The Bertz CT molecular complexity index is 956. The Hall–Kier alpha value is -2.91. The summed E-state index contributed by atoms with van der Waals surface area (Å²) in [7, 11) is 0. The summed E-state index contributed by atoms with van der Waals surface area (Å²) in [6, 6.07) is 6.83. The second-order valence-corrected chi connectivity index (χ2v) is 8.62. The molecule has 0 atom stereocenters. The zero-order chi connectivity index (χ0) is 23.3. The molecule has 3 rings (SSSR count). The summed E-state index contributed by atoms with van der Waals surface area (Å²) in [6.45, 7) is 9.99. The lowest BCUT2D eigenvalue weighted by Crippen LogP contribution is -2.48. The van der Waals surface area contributed by atoms with Gasteiger partial charge in [0.1, 0.15) is 5.60 Å². The van der Waals surface area contributed by atoms with Crippen molar-refractivity contribution in [2.75, 3.05) is 37.7 Å². The van der Waals surface area contributed by atoms with E-state index in [4.69, 9.17) is 21.1 Å². The topological polar surface area (TPSA) is 96.9 Å². The molecule has 0 radical (unpaired) electrons. The molecule has 0 aliphatic carbocycles. The number of morpholine rings is 1. The number of nitrogens with one attached hydrogen (secondary N) is 1. The summed E-state index contributed by atoms with van der Waals surface area (Å²) in [5.74, 6) is 0.164. The van der Waals surface area contributed by atoms with Gasteiger partial charge in [0.15, 0.2) is 0 Å². The van der Waals surface area contributed by atoms with Gasteiger partial charge >= 0.3 is 6.09 Å². The first-order chi connectivity index (χ1) is 15.2. The molecule has 1 N–H and O–H groups in total. The van der Waals surface area contributed by atoms with Gasteiger partial charge in [-0.05, 0) is 39.8 Å². The van der Waals surface area contributed by atoms with Gasteiger partial charge in [0.25, 0.3) is 5.91 Å². The van der Waals surface area contributed by atoms with Crippen LogP contribution in [-0.4, -0.2) is 65.4 Å². The number of nitrogens with zero attached hydrogens (tertiary/aromatic N) is 4. The van der Waals surface area contributed by atoms with Crippen molar-refractivity contribution in [2.45, 2.75) is 33.3 Å². The minimum atomic E-state index is -0.659. The van der Waals surface area contributed by atoms with Crippen LogP contribution in [0.4, 0.5) is 10.7 Å². The van der Waals surface area contributed by atoms with Gasteiger partial charge in [-0.2, -0.15) is 0 Å². The largest absolute Gasteiger partial charge is 0.442 e. The zero-order valence-electron chi connectivity index (χ0n) is 18.7. The van der Waals surface area contributed by atoms with E-state index < -0.39 is 17.6 Å². The van der Waals surface area contributed by atoms with Crippen LogP contribution in [0.2, 0.25) is 5.02 Å². The molecule has 2 heterocycles. The molecule has 2 aromatic rings. The predicted octanol–water partition coefficient (Wildman–Crippen LogP) is 3.54. The maximum absolute atomic E-state index is 12.6. The van der Waals surface area contributed by atoms with Crippen molar-refractivity contribution in [1.29, 1.82) is 0 Å². The van der Waals surface area contributed by atoms with Crippen molar-refractivity contribution in [3.8, 4) is 11.3 Å². The van der Waals surface area contributed by atoms with Crippen LogP contribution in [0.25, 0.3) is 11.3 Å². The van der Waals surface area contributed by atoms with Crippen LogP contribution in [-0.2, 0) is 9.47 Å². The molecule has 1 aliphatic rings. The number of hydrogen-bond acceptors (Lipinski definition) is 7. The Kier molecular flexibility index (Phi) is 7.52. The smallest absolute Gasteiger partial charge is 0.429 e. The first-order valence-electron chi connectivity index (χ1n) is 10.4. The van der Waals surface area contributed by atoms with E-state index >= 15 is 0 Å². The maximum atomic E-state index is 12.6. The summed E-state index contributed by atoms with van der Waals surface area (Å²) in [4.78, 5) is 35.9. The molecule has 2 amide bonds. The SMILES string of the molecule is CCN(NC(=O)c1ccc(-c2nc(N3CCOCC3)ncc2Cl)cc1)C(=O)OC(C)(C)C. The minimum absolute atomic E-state index is 0.263. The Morgan fingerprint density at radius 1 is 1.22 bits per heavy atom. The van der Waals surface area contributed by atoms with E-state index in [0.717, 1.165) is 10.6 Å². The lowest BCUT2D eigenvalue weighted by Gasteiger charge is -2.27. The molecule has 1 saturated heterocycles. The Balaban J connectivity index is 1.73. The quantitative estimate of drug-likeness (QED) is 0.695. The summed E-state index contributed by atoms with van der Waals surface area (Å²) in [5, 5.41) is 1.55. The number of aromatic nitrogens is 2. The Morgan fingerprint density at radius 3 is 2.47 bits per heavy atom. The van der Waals surface area contributed by atoms with Crippen molar-refractivity contribution in [3.63, 3.8) is 0 Å². The fourth-order valence-electron chi connectivity index (χ4n) is 3.01. The number of carbonyl (C=O) groups is 2. The standard InChI is InChI=1S/C22H28ClN5O4/c1-5-28(21(30)32-22(2,3)4)26-19(29)16-8-6-15(7-9-16)18-17(23)14-24-20(25-18)27-10-12-31-13-11-27/h6-9,14H,5,10-13H2,1-4H3,(H,26,29). The number of halogens is 1. The molecule has 172 valence electrons. The van der Waals surface area contributed by atoms with Gasteiger partial charge in [-0.15, -0.1) is 0 Å². The summed E-state index contributed by atoms with van der Waals surface area (Å²) < 4.78 is 10.7. The van der Waals surface area contributed by atoms with Crippen LogP contribution < -0.4 is 10.3 Å². The second-order valence-electron chi connectivity index (χ2n) is 8.21. The van der Waals surface area contributed by atoms with Crippen molar-refractivity contribution < 1.29 is 19.1 Å². The molecule has 1 aromatic carbocycles. The normalized spacial score (nSPS) is 14.1. The number of ether oxygens (including phenoxy) is 2. The van der Waals surface area contributed by atoms with Gasteiger partial charge < -0.3 is 14.4 Å². The van der Waals surface area contributed by atoms with Gasteiger partial charge in [-0.3, -0.25) is 10.2 Å². The molecular formula is C22H28ClN5O4.